The van der Waals surface area contributed by atoms with Gasteiger partial charge in [0.25, 0.3) is 0 Å². The van der Waals surface area contributed by atoms with Crippen LogP contribution in [0.2, 0.25) is 0 Å². The number of oxime groups is 1. The molecule has 0 aliphatic heterocycles. The van der Waals surface area contributed by atoms with E-state index in [0.717, 1.165) is 11.3 Å². The lowest BCUT2D eigenvalue weighted by atomic mass is 10.1. The highest BCUT2D eigenvalue weighted by atomic mass is 19.1. The number of nitrogens with two attached hydrogens (primary N) is 1. The predicted molar refractivity (Wildman–Crippen MR) is 77.5 cm³/mol. The van der Waals surface area contributed by atoms with Crippen LogP contribution >= 0.6 is 0 Å². The largest absolute Gasteiger partial charge is 0.409 e. The van der Waals surface area contributed by atoms with Crippen LogP contribution in [0.4, 0.5) is 10.1 Å². The minimum Gasteiger partial charge on any atom is -0.409 e. The van der Waals surface area contributed by atoms with Gasteiger partial charge in [-0.05, 0) is 29.8 Å². The Morgan fingerprint density at radius 2 is 2.00 bits per heavy atom. The summed E-state index contributed by atoms with van der Waals surface area (Å²) in [7, 11) is 1.88. The normalized spacial score (nSPS) is 11.4. The molecule has 0 fully saturated rings. The third-order valence-corrected chi connectivity index (χ3v) is 3.00. The number of amidine groups is 1. The molecule has 0 atom stereocenters. The van der Waals surface area contributed by atoms with E-state index in [2.05, 4.69) is 5.16 Å². The van der Waals surface area contributed by atoms with E-state index < -0.39 is 0 Å². The van der Waals surface area contributed by atoms with Crippen molar-refractivity contribution in [3.05, 3.63) is 65.5 Å². The highest BCUT2D eigenvalue weighted by molar-refractivity contribution is 5.97. The van der Waals surface area contributed by atoms with Gasteiger partial charge in [0, 0.05) is 24.8 Å². The van der Waals surface area contributed by atoms with E-state index in [1.165, 1.54) is 12.1 Å². The van der Waals surface area contributed by atoms with Crippen molar-refractivity contribution in [3.63, 3.8) is 0 Å². The summed E-state index contributed by atoms with van der Waals surface area (Å²) >= 11 is 0. The van der Waals surface area contributed by atoms with Crippen molar-refractivity contribution in [1.29, 1.82) is 0 Å². The number of rotatable bonds is 4. The summed E-state index contributed by atoms with van der Waals surface area (Å²) in [5.74, 6) is -0.194. The zero-order chi connectivity index (χ0) is 14.5. The summed E-state index contributed by atoms with van der Waals surface area (Å²) in [5.41, 5.74) is 7.99. The van der Waals surface area contributed by atoms with E-state index in [9.17, 15) is 4.39 Å². The van der Waals surface area contributed by atoms with Crippen LogP contribution in [0.15, 0.2) is 53.7 Å². The van der Waals surface area contributed by atoms with E-state index in [0.29, 0.717) is 12.1 Å². The molecule has 0 bridgehead atoms. The maximum Gasteiger partial charge on any atom is 0.170 e. The summed E-state index contributed by atoms with van der Waals surface area (Å²) in [4.78, 5) is 1.93. The molecule has 0 spiro atoms. The number of halogens is 1. The summed E-state index contributed by atoms with van der Waals surface area (Å²) in [6, 6.07) is 13.8. The molecule has 104 valence electrons. The summed E-state index contributed by atoms with van der Waals surface area (Å²) < 4.78 is 13.2. The Hall–Kier alpha value is -2.56. The molecule has 0 aliphatic rings. The van der Waals surface area contributed by atoms with Crippen LogP contribution in [0.1, 0.15) is 11.1 Å². The highest BCUT2D eigenvalue weighted by Gasteiger charge is 2.05. The first-order valence-electron chi connectivity index (χ1n) is 6.13. The molecule has 20 heavy (non-hydrogen) atoms. The number of benzene rings is 2. The van der Waals surface area contributed by atoms with E-state index in [-0.39, 0.29) is 11.7 Å². The van der Waals surface area contributed by atoms with Crippen molar-refractivity contribution in [3.8, 4) is 0 Å². The van der Waals surface area contributed by atoms with Crippen molar-refractivity contribution in [1.82, 2.24) is 0 Å². The minimum atomic E-state index is -0.264. The molecule has 2 aromatic rings. The van der Waals surface area contributed by atoms with Gasteiger partial charge in [-0.15, -0.1) is 0 Å². The number of hydrogen-bond donors (Lipinski definition) is 2. The van der Waals surface area contributed by atoms with Crippen LogP contribution in [0.3, 0.4) is 0 Å². The van der Waals surface area contributed by atoms with Crippen molar-refractivity contribution < 1.29 is 9.60 Å². The first kappa shape index (κ1) is 13.9. The van der Waals surface area contributed by atoms with Gasteiger partial charge < -0.3 is 15.8 Å². The van der Waals surface area contributed by atoms with Crippen LogP contribution in [0.5, 0.6) is 0 Å². The summed E-state index contributed by atoms with van der Waals surface area (Å²) in [6.45, 7) is 0.593. The molecule has 0 saturated heterocycles. The second-order valence-corrected chi connectivity index (χ2v) is 4.52. The lowest BCUT2D eigenvalue weighted by molar-refractivity contribution is 0.318. The van der Waals surface area contributed by atoms with Crippen molar-refractivity contribution in [2.75, 3.05) is 11.9 Å². The summed E-state index contributed by atoms with van der Waals surface area (Å²) in [6.07, 6.45) is 0. The molecule has 2 rings (SSSR count). The number of nitrogens with zero attached hydrogens (tertiary/aromatic N) is 2. The quantitative estimate of drug-likeness (QED) is 0.389. The maximum absolute atomic E-state index is 13.2. The topological polar surface area (TPSA) is 61.8 Å². The molecule has 0 saturated carbocycles. The van der Waals surface area contributed by atoms with Gasteiger partial charge >= 0.3 is 0 Å². The standard InChI is InChI=1S/C15H16FN3O/c1-19(14-7-3-6-13(16)9-14)10-11-4-2-5-12(8-11)15(17)18-20/h2-9,20H,10H2,1H3,(H2,17,18). The Balaban J connectivity index is 2.17. The monoisotopic (exact) mass is 273 g/mol. The van der Waals surface area contributed by atoms with Crippen LogP contribution in [-0.2, 0) is 6.54 Å². The molecule has 0 amide bonds. The Kier molecular flexibility index (Phi) is 4.20. The maximum atomic E-state index is 13.2. The van der Waals surface area contributed by atoms with Crippen LogP contribution in [0, 0.1) is 5.82 Å². The molecule has 5 heteroatoms. The number of hydrogen-bond acceptors (Lipinski definition) is 3. The van der Waals surface area contributed by atoms with Crippen molar-refractivity contribution >= 4 is 11.5 Å². The third-order valence-electron chi connectivity index (χ3n) is 3.00. The number of anilines is 1. The Morgan fingerprint density at radius 3 is 2.70 bits per heavy atom. The van der Waals surface area contributed by atoms with Crippen molar-refractivity contribution in [2.45, 2.75) is 6.54 Å². The second kappa shape index (κ2) is 6.06. The summed E-state index contributed by atoms with van der Waals surface area (Å²) in [5, 5.41) is 11.7. The molecular weight excluding hydrogens is 257 g/mol. The first-order chi connectivity index (χ1) is 9.60. The fraction of sp³-hybridized carbons (Fsp3) is 0.133. The molecule has 4 nitrogen and oxygen atoms in total. The zero-order valence-electron chi connectivity index (χ0n) is 11.1. The van der Waals surface area contributed by atoms with Gasteiger partial charge in [0.05, 0.1) is 0 Å². The lowest BCUT2D eigenvalue weighted by Crippen LogP contribution is -2.18. The van der Waals surface area contributed by atoms with Crippen LogP contribution in [0.25, 0.3) is 0 Å². The molecule has 0 aliphatic carbocycles. The predicted octanol–water partition coefficient (Wildman–Crippen LogP) is 2.56. The SMILES string of the molecule is CN(Cc1cccc(C(N)=NO)c1)c1cccc(F)c1. The molecule has 2 aromatic carbocycles. The van der Waals surface area contributed by atoms with E-state index in [1.54, 1.807) is 12.1 Å². The van der Waals surface area contributed by atoms with E-state index >= 15 is 0 Å². The fourth-order valence-electron chi connectivity index (χ4n) is 1.97. The average Bonchev–Trinajstić information content (AvgIpc) is 2.46. The molecule has 0 aromatic heterocycles. The third kappa shape index (κ3) is 3.26. The van der Waals surface area contributed by atoms with Crippen molar-refractivity contribution in [2.24, 2.45) is 10.9 Å². The van der Waals surface area contributed by atoms with Gasteiger partial charge in [0.2, 0.25) is 0 Å². The first-order valence-corrected chi connectivity index (χ1v) is 6.13. The lowest BCUT2D eigenvalue weighted by Gasteiger charge is -2.19. The second-order valence-electron chi connectivity index (χ2n) is 4.52. The van der Waals surface area contributed by atoms with E-state index in [4.69, 9.17) is 10.9 Å². The smallest absolute Gasteiger partial charge is 0.170 e. The minimum absolute atomic E-state index is 0.0697. The highest BCUT2D eigenvalue weighted by Crippen LogP contribution is 2.17. The van der Waals surface area contributed by atoms with Gasteiger partial charge in [-0.25, -0.2) is 4.39 Å². The zero-order valence-corrected chi connectivity index (χ0v) is 11.1. The van der Waals surface area contributed by atoms with Gasteiger partial charge in [0.1, 0.15) is 5.82 Å². The Morgan fingerprint density at radius 1 is 1.25 bits per heavy atom. The fourth-order valence-corrected chi connectivity index (χ4v) is 1.97. The Bertz CT molecular complexity index is 628. The molecule has 0 radical (unpaired) electrons. The Labute approximate surface area is 116 Å². The van der Waals surface area contributed by atoms with Crippen LogP contribution in [-0.4, -0.2) is 18.1 Å². The van der Waals surface area contributed by atoms with Gasteiger partial charge in [-0.1, -0.05) is 29.4 Å². The van der Waals surface area contributed by atoms with Crippen LogP contribution < -0.4 is 10.6 Å². The average molecular weight is 273 g/mol. The molecule has 0 heterocycles. The van der Waals surface area contributed by atoms with Gasteiger partial charge in [0.15, 0.2) is 5.84 Å². The molecule has 3 N–H and O–H groups in total. The van der Waals surface area contributed by atoms with E-state index in [1.807, 2.05) is 36.2 Å². The van der Waals surface area contributed by atoms with Gasteiger partial charge in [-0.2, -0.15) is 0 Å². The van der Waals surface area contributed by atoms with Gasteiger partial charge in [-0.3, -0.25) is 0 Å². The molecule has 0 unspecified atom stereocenters. The molecular formula is C15H16FN3O.